The maximum atomic E-state index is 12.7. The van der Waals surface area contributed by atoms with E-state index in [0.29, 0.717) is 18.0 Å². The monoisotopic (exact) mass is 300 g/mol. The third kappa shape index (κ3) is 3.77. The Hall–Kier alpha value is -2.06. The number of likely N-dealkylation sites (tertiary alicyclic amines) is 1. The topological polar surface area (TPSA) is 50.6 Å². The molecule has 2 amide bonds. The van der Waals surface area contributed by atoms with Gasteiger partial charge in [-0.2, -0.15) is 5.26 Å². The first kappa shape index (κ1) is 16.3. The molecule has 0 radical (unpaired) electrons. The van der Waals surface area contributed by atoms with E-state index in [1.807, 2.05) is 31.0 Å². The Morgan fingerprint density at radius 2 is 2.09 bits per heavy atom. The minimum Gasteiger partial charge on any atom is -0.327 e. The van der Waals surface area contributed by atoms with Crippen LogP contribution in [0.3, 0.4) is 0 Å². The van der Waals surface area contributed by atoms with Gasteiger partial charge >= 0.3 is 6.03 Å². The van der Waals surface area contributed by atoms with Crippen molar-refractivity contribution in [1.29, 1.82) is 5.26 Å². The second kappa shape index (κ2) is 7.28. The number of hydrogen-bond acceptors (Lipinski definition) is 3. The fraction of sp³-hybridized carbons (Fsp3) is 0.529. The van der Waals surface area contributed by atoms with Crippen LogP contribution < -0.4 is 4.90 Å². The number of nitriles is 1. The highest BCUT2D eigenvalue weighted by Gasteiger charge is 2.25. The third-order valence-electron chi connectivity index (χ3n) is 4.20. The minimum atomic E-state index is 0.0155. The average Bonchev–Trinajstić information content (AvgIpc) is 2.93. The van der Waals surface area contributed by atoms with Gasteiger partial charge in [-0.25, -0.2) is 4.79 Å². The average molecular weight is 300 g/mol. The van der Waals surface area contributed by atoms with Gasteiger partial charge in [0.2, 0.25) is 0 Å². The van der Waals surface area contributed by atoms with Crippen LogP contribution in [0.4, 0.5) is 10.5 Å². The molecule has 118 valence electrons. The Labute approximate surface area is 132 Å². The number of anilines is 1. The first-order valence-corrected chi connectivity index (χ1v) is 7.76. The van der Waals surface area contributed by atoms with Gasteiger partial charge in [0.15, 0.2) is 0 Å². The van der Waals surface area contributed by atoms with Crippen LogP contribution in [0, 0.1) is 17.2 Å². The van der Waals surface area contributed by atoms with Gasteiger partial charge in [-0.3, -0.25) is 4.90 Å². The number of carbonyl (C=O) groups excluding carboxylic acids is 1. The maximum Gasteiger partial charge on any atom is 0.324 e. The SMILES string of the molecule is CCN(C(=O)N(C)C[C@@H]1CCN(C)C1)c1ccc(C#N)cc1. The van der Waals surface area contributed by atoms with Gasteiger partial charge in [0.05, 0.1) is 11.6 Å². The first-order valence-electron chi connectivity index (χ1n) is 7.76. The summed E-state index contributed by atoms with van der Waals surface area (Å²) in [5.74, 6) is 0.554. The molecule has 0 unspecified atom stereocenters. The Morgan fingerprint density at radius 1 is 1.41 bits per heavy atom. The largest absolute Gasteiger partial charge is 0.327 e. The lowest BCUT2D eigenvalue weighted by Crippen LogP contribution is -2.43. The number of carbonyl (C=O) groups is 1. The molecule has 1 aliphatic heterocycles. The fourth-order valence-electron chi connectivity index (χ4n) is 2.99. The van der Waals surface area contributed by atoms with E-state index in [4.69, 9.17) is 5.26 Å². The number of nitrogens with zero attached hydrogens (tertiary/aromatic N) is 4. The lowest BCUT2D eigenvalue weighted by atomic mass is 10.1. The fourth-order valence-corrected chi connectivity index (χ4v) is 2.99. The summed E-state index contributed by atoms with van der Waals surface area (Å²) in [6.45, 7) is 5.53. The van der Waals surface area contributed by atoms with Crippen molar-refractivity contribution >= 4 is 11.7 Å². The van der Waals surface area contributed by atoms with Gasteiger partial charge in [-0.05, 0) is 57.1 Å². The summed E-state index contributed by atoms with van der Waals surface area (Å²) < 4.78 is 0. The summed E-state index contributed by atoms with van der Waals surface area (Å²) in [6.07, 6.45) is 1.15. The van der Waals surface area contributed by atoms with Crippen LogP contribution >= 0.6 is 0 Å². The second-order valence-corrected chi connectivity index (χ2v) is 5.98. The Kier molecular flexibility index (Phi) is 5.40. The standard InChI is InChI=1S/C17H24N4O/c1-4-21(16-7-5-14(11-18)6-8-16)17(22)20(3)13-15-9-10-19(2)12-15/h5-8,15H,4,9-10,12-13H2,1-3H3/t15-/m1/s1. The van der Waals surface area contributed by atoms with Gasteiger partial charge in [0.1, 0.15) is 0 Å². The Morgan fingerprint density at radius 3 is 2.59 bits per heavy atom. The molecule has 1 aromatic rings. The lowest BCUT2D eigenvalue weighted by molar-refractivity contribution is 0.207. The second-order valence-electron chi connectivity index (χ2n) is 5.98. The van der Waals surface area contributed by atoms with Crippen LogP contribution in [0.25, 0.3) is 0 Å². The molecule has 0 bridgehead atoms. The summed E-state index contributed by atoms with van der Waals surface area (Å²) in [6, 6.07) is 9.27. The Balaban J connectivity index is 2.02. The summed E-state index contributed by atoms with van der Waals surface area (Å²) in [7, 11) is 3.99. The predicted molar refractivity (Wildman–Crippen MR) is 87.8 cm³/mol. The number of hydrogen-bond donors (Lipinski definition) is 0. The highest BCUT2D eigenvalue weighted by molar-refractivity contribution is 5.91. The molecule has 0 aliphatic carbocycles. The van der Waals surface area contributed by atoms with Crippen molar-refractivity contribution < 1.29 is 4.79 Å². The minimum absolute atomic E-state index is 0.0155. The summed E-state index contributed by atoms with van der Waals surface area (Å²) in [4.78, 5) is 18.5. The van der Waals surface area contributed by atoms with Gasteiger partial charge < -0.3 is 9.80 Å². The molecule has 22 heavy (non-hydrogen) atoms. The van der Waals surface area contributed by atoms with Crippen LogP contribution in [0.2, 0.25) is 0 Å². The van der Waals surface area contributed by atoms with E-state index in [9.17, 15) is 4.79 Å². The van der Waals surface area contributed by atoms with Crippen molar-refractivity contribution in [3.63, 3.8) is 0 Å². The van der Waals surface area contributed by atoms with Crippen molar-refractivity contribution in [3.05, 3.63) is 29.8 Å². The molecule has 1 atom stereocenters. The van der Waals surface area contributed by atoms with Crippen molar-refractivity contribution in [2.24, 2.45) is 5.92 Å². The van der Waals surface area contributed by atoms with Crippen molar-refractivity contribution in [2.45, 2.75) is 13.3 Å². The molecule has 0 spiro atoms. The lowest BCUT2D eigenvalue weighted by Gasteiger charge is -2.29. The number of amides is 2. The quantitative estimate of drug-likeness (QED) is 0.858. The van der Waals surface area contributed by atoms with E-state index in [1.165, 1.54) is 0 Å². The van der Waals surface area contributed by atoms with E-state index in [-0.39, 0.29) is 6.03 Å². The van der Waals surface area contributed by atoms with Crippen molar-refractivity contribution in [1.82, 2.24) is 9.80 Å². The molecule has 1 saturated heterocycles. The molecule has 1 fully saturated rings. The van der Waals surface area contributed by atoms with E-state index in [0.717, 1.165) is 31.7 Å². The van der Waals surface area contributed by atoms with Gasteiger partial charge in [-0.15, -0.1) is 0 Å². The molecule has 1 aromatic carbocycles. The first-order chi connectivity index (χ1) is 10.5. The normalized spacial score (nSPS) is 18.0. The van der Waals surface area contributed by atoms with E-state index in [1.54, 1.807) is 17.0 Å². The van der Waals surface area contributed by atoms with Gasteiger partial charge in [0, 0.05) is 32.4 Å². The predicted octanol–water partition coefficient (Wildman–Crippen LogP) is 2.39. The zero-order valence-corrected chi connectivity index (χ0v) is 13.6. The summed E-state index contributed by atoms with van der Waals surface area (Å²) in [5, 5.41) is 8.86. The van der Waals surface area contributed by atoms with Crippen LogP contribution in [-0.4, -0.2) is 56.1 Å². The molecule has 2 rings (SSSR count). The van der Waals surface area contributed by atoms with Crippen molar-refractivity contribution in [3.8, 4) is 6.07 Å². The molecule has 5 heteroatoms. The zero-order valence-electron chi connectivity index (χ0n) is 13.6. The molecular weight excluding hydrogens is 276 g/mol. The van der Waals surface area contributed by atoms with Crippen molar-refractivity contribution in [2.75, 3.05) is 45.2 Å². The maximum absolute atomic E-state index is 12.7. The molecule has 1 aliphatic rings. The van der Waals surface area contributed by atoms with Crippen LogP contribution in [0.5, 0.6) is 0 Å². The number of benzene rings is 1. The van der Waals surface area contributed by atoms with E-state index >= 15 is 0 Å². The van der Waals surface area contributed by atoms with E-state index < -0.39 is 0 Å². The van der Waals surface area contributed by atoms with Gasteiger partial charge in [0.25, 0.3) is 0 Å². The summed E-state index contributed by atoms with van der Waals surface area (Å²) in [5.41, 5.74) is 1.44. The molecule has 0 saturated carbocycles. The highest BCUT2D eigenvalue weighted by atomic mass is 16.2. The highest BCUT2D eigenvalue weighted by Crippen LogP contribution is 2.19. The molecule has 5 nitrogen and oxygen atoms in total. The molecular formula is C17H24N4O. The Bertz CT molecular complexity index is 549. The smallest absolute Gasteiger partial charge is 0.324 e. The molecule has 1 heterocycles. The van der Waals surface area contributed by atoms with Crippen LogP contribution in [-0.2, 0) is 0 Å². The van der Waals surface area contributed by atoms with E-state index in [2.05, 4.69) is 18.0 Å². The van der Waals surface area contributed by atoms with Gasteiger partial charge in [-0.1, -0.05) is 0 Å². The number of urea groups is 1. The molecule has 0 aromatic heterocycles. The van der Waals surface area contributed by atoms with Crippen LogP contribution in [0.15, 0.2) is 24.3 Å². The summed E-state index contributed by atoms with van der Waals surface area (Å²) >= 11 is 0. The molecule has 0 N–H and O–H groups in total. The zero-order chi connectivity index (χ0) is 16.1. The third-order valence-corrected chi connectivity index (χ3v) is 4.20. The number of rotatable bonds is 4. The van der Waals surface area contributed by atoms with Crippen LogP contribution in [0.1, 0.15) is 18.9 Å².